The average molecular weight is 277 g/mol. The van der Waals surface area contributed by atoms with Crippen LogP contribution in [-0.4, -0.2) is 12.5 Å². The summed E-state index contributed by atoms with van der Waals surface area (Å²) in [7, 11) is 0. The van der Waals surface area contributed by atoms with Crippen LogP contribution in [0.1, 0.15) is 42.7 Å². The van der Waals surface area contributed by atoms with Crippen LogP contribution in [0.5, 0.6) is 0 Å². The molecule has 0 fully saturated rings. The van der Waals surface area contributed by atoms with E-state index in [1.165, 1.54) is 16.2 Å². The number of amides is 1. The molecule has 0 aromatic carbocycles. The van der Waals surface area contributed by atoms with Gasteiger partial charge in [-0.1, -0.05) is 13.8 Å². The quantitative estimate of drug-likeness (QED) is 0.889. The number of anilines is 1. The summed E-state index contributed by atoms with van der Waals surface area (Å²) in [4.78, 5) is 13.1. The van der Waals surface area contributed by atoms with Gasteiger partial charge in [-0.05, 0) is 30.9 Å². The van der Waals surface area contributed by atoms with Gasteiger partial charge in [0.15, 0.2) is 0 Å². The predicted molar refractivity (Wildman–Crippen MR) is 77.1 cm³/mol. The topological polar surface area (TPSA) is 64.9 Å². The van der Waals surface area contributed by atoms with Crippen molar-refractivity contribution in [2.24, 2.45) is 5.92 Å². The molecule has 2 rings (SSSR count). The summed E-state index contributed by atoms with van der Waals surface area (Å²) in [5, 5.41) is 16.2. The second-order valence-corrected chi connectivity index (χ2v) is 6.33. The van der Waals surface area contributed by atoms with Crippen molar-refractivity contribution in [3.63, 3.8) is 0 Å². The standard InChI is InChI=1S/C14H19N3OS/c1-9(2)3-4-13(18)17-14-11(7-15)10-5-6-16-8-12(10)19-14/h9,16H,3-6,8H2,1-2H3,(H,17,18). The van der Waals surface area contributed by atoms with Crippen LogP contribution in [0.4, 0.5) is 5.00 Å². The van der Waals surface area contributed by atoms with Crippen LogP contribution in [0, 0.1) is 17.2 Å². The summed E-state index contributed by atoms with van der Waals surface area (Å²) in [6, 6.07) is 2.24. The minimum atomic E-state index is 0.0109. The van der Waals surface area contributed by atoms with Gasteiger partial charge in [0, 0.05) is 17.8 Å². The van der Waals surface area contributed by atoms with Crippen LogP contribution >= 0.6 is 11.3 Å². The largest absolute Gasteiger partial charge is 0.317 e. The third kappa shape index (κ3) is 3.34. The first-order valence-corrected chi connectivity index (χ1v) is 7.48. The molecule has 0 saturated carbocycles. The fraction of sp³-hybridized carbons (Fsp3) is 0.571. The zero-order valence-corrected chi connectivity index (χ0v) is 12.2. The van der Waals surface area contributed by atoms with Crippen LogP contribution in [0.25, 0.3) is 0 Å². The highest BCUT2D eigenvalue weighted by Gasteiger charge is 2.21. The maximum Gasteiger partial charge on any atom is 0.225 e. The monoisotopic (exact) mass is 277 g/mol. The molecule has 1 aliphatic heterocycles. The molecule has 19 heavy (non-hydrogen) atoms. The van der Waals surface area contributed by atoms with Gasteiger partial charge < -0.3 is 10.6 Å². The van der Waals surface area contributed by atoms with Crippen LogP contribution in [0.3, 0.4) is 0 Å². The highest BCUT2D eigenvalue weighted by atomic mass is 32.1. The molecule has 0 unspecified atom stereocenters. The fourth-order valence-corrected chi connectivity index (χ4v) is 3.33. The number of nitrogens with zero attached hydrogens (tertiary/aromatic N) is 1. The lowest BCUT2D eigenvalue weighted by molar-refractivity contribution is -0.116. The molecule has 0 atom stereocenters. The van der Waals surface area contributed by atoms with E-state index < -0.39 is 0 Å². The van der Waals surface area contributed by atoms with E-state index in [0.717, 1.165) is 36.5 Å². The second-order valence-electron chi connectivity index (χ2n) is 5.23. The third-order valence-electron chi connectivity index (χ3n) is 3.24. The Morgan fingerprint density at radius 1 is 1.58 bits per heavy atom. The van der Waals surface area contributed by atoms with E-state index in [-0.39, 0.29) is 5.91 Å². The highest BCUT2D eigenvalue weighted by Crippen LogP contribution is 2.34. The molecule has 1 aromatic heterocycles. The van der Waals surface area contributed by atoms with E-state index in [1.807, 2.05) is 0 Å². The number of hydrogen-bond donors (Lipinski definition) is 2. The number of thiophene rings is 1. The van der Waals surface area contributed by atoms with Crippen LogP contribution in [-0.2, 0) is 17.8 Å². The molecule has 0 bridgehead atoms. The number of fused-ring (bicyclic) bond motifs is 1. The Balaban J connectivity index is 2.10. The highest BCUT2D eigenvalue weighted by molar-refractivity contribution is 7.16. The van der Waals surface area contributed by atoms with Gasteiger partial charge in [0.25, 0.3) is 0 Å². The number of nitriles is 1. The van der Waals surface area contributed by atoms with E-state index in [4.69, 9.17) is 0 Å². The minimum absolute atomic E-state index is 0.0109. The number of carbonyl (C=O) groups excluding carboxylic acids is 1. The van der Waals surface area contributed by atoms with Gasteiger partial charge >= 0.3 is 0 Å². The molecule has 1 aliphatic rings. The smallest absolute Gasteiger partial charge is 0.225 e. The van der Waals surface area contributed by atoms with Crippen LogP contribution in [0.15, 0.2) is 0 Å². The molecule has 2 N–H and O–H groups in total. The van der Waals surface area contributed by atoms with Gasteiger partial charge in [0.05, 0.1) is 5.56 Å². The molecule has 2 heterocycles. The van der Waals surface area contributed by atoms with Crippen LogP contribution in [0.2, 0.25) is 0 Å². The summed E-state index contributed by atoms with van der Waals surface area (Å²) in [6.07, 6.45) is 2.26. The van der Waals surface area contributed by atoms with Crippen LogP contribution < -0.4 is 10.6 Å². The summed E-state index contributed by atoms with van der Waals surface area (Å²) < 4.78 is 0. The molecule has 4 nitrogen and oxygen atoms in total. The Morgan fingerprint density at radius 3 is 3.05 bits per heavy atom. The van der Waals surface area contributed by atoms with E-state index >= 15 is 0 Å². The Hall–Kier alpha value is -1.38. The first-order chi connectivity index (χ1) is 9.11. The molecule has 0 spiro atoms. The molecule has 0 saturated heterocycles. The molecule has 1 amide bonds. The fourth-order valence-electron chi connectivity index (χ4n) is 2.15. The van der Waals surface area contributed by atoms with Crippen molar-refractivity contribution in [2.45, 2.75) is 39.7 Å². The second kappa shape index (κ2) is 6.18. The lowest BCUT2D eigenvalue weighted by atomic mass is 10.0. The predicted octanol–water partition coefficient (Wildman–Crippen LogP) is 2.64. The summed E-state index contributed by atoms with van der Waals surface area (Å²) in [5.41, 5.74) is 1.78. The van der Waals surface area contributed by atoms with Crippen molar-refractivity contribution in [3.8, 4) is 6.07 Å². The zero-order chi connectivity index (χ0) is 13.8. The number of nitrogens with one attached hydrogen (secondary N) is 2. The van der Waals surface area contributed by atoms with Gasteiger partial charge in [-0.3, -0.25) is 4.79 Å². The van der Waals surface area contributed by atoms with Gasteiger partial charge in [-0.2, -0.15) is 5.26 Å². The maximum absolute atomic E-state index is 11.9. The van der Waals surface area contributed by atoms with Crippen molar-refractivity contribution < 1.29 is 4.79 Å². The number of carbonyl (C=O) groups is 1. The molecule has 0 aliphatic carbocycles. The SMILES string of the molecule is CC(C)CCC(=O)Nc1sc2c(c1C#N)CCNC2. The van der Waals surface area contributed by atoms with E-state index in [0.29, 0.717) is 17.9 Å². The first kappa shape index (κ1) is 14.0. The third-order valence-corrected chi connectivity index (χ3v) is 4.39. The normalized spacial score (nSPS) is 14.0. The summed E-state index contributed by atoms with van der Waals surface area (Å²) >= 11 is 1.53. The van der Waals surface area contributed by atoms with Gasteiger partial charge in [0.1, 0.15) is 11.1 Å². The molecular formula is C14H19N3OS. The lowest BCUT2D eigenvalue weighted by Gasteiger charge is -2.11. The van der Waals surface area contributed by atoms with E-state index in [9.17, 15) is 10.1 Å². The Morgan fingerprint density at radius 2 is 2.37 bits per heavy atom. The van der Waals surface area contributed by atoms with E-state index in [2.05, 4.69) is 30.6 Å². The molecular weight excluding hydrogens is 258 g/mol. The van der Waals surface area contributed by atoms with Gasteiger partial charge in [0.2, 0.25) is 5.91 Å². The molecule has 0 radical (unpaired) electrons. The summed E-state index contributed by atoms with van der Waals surface area (Å²) in [5.74, 6) is 0.527. The lowest BCUT2D eigenvalue weighted by Crippen LogP contribution is -2.22. The average Bonchev–Trinajstić information content (AvgIpc) is 2.73. The van der Waals surface area contributed by atoms with E-state index in [1.54, 1.807) is 0 Å². The van der Waals surface area contributed by atoms with Crippen molar-refractivity contribution in [2.75, 3.05) is 11.9 Å². The first-order valence-electron chi connectivity index (χ1n) is 6.67. The Labute approximate surface area is 117 Å². The maximum atomic E-state index is 11.9. The summed E-state index contributed by atoms with van der Waals surface area (Å²) in [6.45, 7) is 5.91. The number of rotatable bonds is 4. The number of hydrogen-bond acceptors (Lipinski definition) is 4. The van der Waals surface area contributed by atoms with Gasteiger partial charge in [-0.25, -0.2) is 0 Å². The molecule has 1 aromatic rings. The van der Waals surface area contributed by atoms with Gasteiger partial charge in [-0.15, -0.1) is 11.3 Å². The van der Waals surface area contributed by atoms with Crippen molar-refractivity contribution in [3.05, 3.63) is 16.0 Å². The van der Waals surface area contributed by atoms with Crippen molar-refractivity contribution >= 4 is 22.2 Å². The van der Waals surface area contributed by atoms with Crippen molar-refractivity contribution in [1.82, 2.24) is 5.32 Å². The molecule has 5 heteroatoms. The molecule has 102 valence electrons. The van der Waals surface area contributed by atoms with Crippen molar-refractivity contribution in [1.29, 1.82) is 5.26 Å². The zero-order valence-electron chi connectivity index (χ0n) is 11.4. The minimum Gasteiger partial charge on any atom is -0.317 e. The Kier molecular flexibility index (Phi) is 4.56. The Bertz CT molecular complexity index is 513.